The fraction of sp³-hybridized carbons (Fsp3) is 0.294. The molecule has 0 aliphatic heterocycles. The van der Waals surface area contributed by atoms with Crippen LogP contribution < -0.4 is 19.5 Å². The number of carbonyl (C=O) groups is 2. The molecule has 0 atom stereocenters. The Morgan fingerprint density at radius 1 is 1.12 bits per heavy atom. The molecule has 0 radical (unpaired) electrons. The van der Waals surface area contributed by atoms with Crippen LogP contribution in [0.15, 0.2) is 30.9 Å². The predicted molar refractivity (Wildman–Crippen MR) is 89.3 cm³/mol. The van der Waals surface area contributed by atoms with Crippen molar-refractivity contribution in [3.63, 3.8) is 0 Å². The lowest BCUT2D eigenvalue weighted by molar-refractivity contribution is -0.143. The SMILES string of the molecule is C=CCNC(=O)COC(=O)/C=C/c1cc(OC)c(OC)c(OC)c1. The van der Waals surface area contributed by atoms with Crippen molar-refractivity contribution in [3.05, 3.63) is 36.4 Å². The quantitative estimate of drug-likeness (QED) is 0.419. The van der Waals surface area contributed by atoms with Crippen molar-refractivity contribution in [1.82, 2.24) is 5.32 Å². The third kappa shape index (κ3) is 5.68. The van der Waals surface area contributed by atoms with Gasteiger partial charge in [0.15, 0.2) is 18.1 Å². The number of carbonyl (C=O) groups excluding carboxylic acids is 2. The van der Waals surface area contributed by atoms with Gasteiger partial charge in [0.2, 0.25) is 5.75 Å². The topological polar surface area (TPSA) is 83.1 Å². The lowest BCUT2D eigenvalue weighted by atomic mass is 10.1. The molecule has 1 aromatic carbocycles. The van der Waals surface area contributed by atoms with E-state index < -0.39 is 11.9 Å². The standard InChI is InChI=1S/C17H21NO6/c1-5-8-18-15(19)11-24-16(20)7-6-12-9-13(21-2)17(23-4)14(10-12)22-3/h5-7,9-10H,1,8,11H2,2-4H3,(H,18,19)/b7-6+. The second kappa shape index (κ2) is 9.94. The van der Waals surface area contributed by atoms with Gasteiger partial charge in [0.25, 0.3) is 5.91 Å². The molecule has 1 rings (SSSR count). The third-order valence-corrected chi connectivity index (χ3v) is 2.89. The first-order valence-electron chi connectivity index (χ1n) is 7.08. The first-order valence-corrected chi connectivity index (χ1v) is 7.08. The number of hydrogen-bond donors (Lipinski definition) is 1. The Labute approximate surface area is 140 Å². The van der Waals surface area contributed by atoms with E-state index in [9.17, 15) is 9.59 Å². The summed E-state index contributed by atoms with van der Waals surface area (Å²) in [4.78, 5) is 22.9. The Morgan fingerprint density at radius 3 is 2.25 bits per heavy atom. The van der Waals surface area contributed by atoms with Crippen LogP contribution in [0.25, 0.3) is 6.08 Å². The van der Waals surface area contributed by atoms with Crippen LogP contribution in [0.4, 0.5) is 0 Å². The summed E-state index contributed by atoms with van der Waals surface area (Å²) in [5.41, 5.74) is 0.651. The van der Waals surface area contributed by atoms with Crippen molar-refractivity contribution in [2.45, 2.75) is 0 Å². The lowest BCUT2D eigenvalue weighted by Gasteiger charge is -2.12. The van der Waals surface area contributed by atoms with Gasteiger partial charge in [-0.2, -0.15) is 0 Å². The molecule has 0 unspecified atom stereocenters. The second-order valence-corrected chi connectivity index (χ2v) is 4.49. The summed E-state index contributed by atoms with van der Waals surface area (Å²) in [7, 11) is 4.51. The number of nitrogens with one attached hydrogen (secondary N) is 1. The van der Waals surface area contributed by atoms with Crippen LogP contribution in [-0.2, 0) is 14.3 Å². The Hall–Kier alpha value is -2.96. The molecule has 0 aliphatic rings. The molecule has 1 N–H and O–H groups in total. The molecule has 7 nitrogen and oxygen atoms in total. The van der Waals surface area contributed by atoms with Crippen LogP contribution in [0.5, 0.6) is 17.2 Å². The number of ether oxygens (including phenoxy) is 4. The zero-order valence-corrected chi connectivity index (χ0v) is 14.0. The Bertz CT molecular complexity index is 599. The first-order chi connectivity index (χ1) is 11.5. The van der Waals surface area contributed by atoms with Crippen molar-refractivity contribution in [3.8, 4) is 17.2 Å². The molecule has 130 valence electrons. The molecule has 0 bridgehead atoms. The third-order valence-electron chi connectivity index (χ3n) is 2.89. The smallest absolute Gasteiger partial charge is 0.331 e. The molecule has 0 fully saturated rings. The molecular weight excluding hydrogens is 314 g/mol. The van der Waals surface area contributed by atoms with E-state index in [1.165, 1.54) is 39.6 Å². The monoisotopic (exact) mass is 335 g/mol. The minimum Gasteiger partial charge on any atom is -0.493 e. The molecular formula is C17H21NO6. The van der Waals surface area contributed by atoms with Gasteiger partial charge in [-0.1, -0.05) is 6.08 Å². The summed E-state index contributed by atoms with van der Waals surface area (Å²) in [5.74, 6) is 0.350. The predicted octanol–water partition coefficient (Wildman–Crippen LogP) is 1.57. The summed E-state index contributed by atoms with van der Waals surface area (Å²) in [6, 6.07) is 3.36. The summed E-state index contributed by atoms with van der Waals surface area (Å²) in [5, 5.41) is 2.50. The maximum absolute atomic E-state index is 11.6. The zero-order valence-electron chi connectivity index (χ0n) is 14.0. The van der Waals surface area contributed by atoms with Crippen molar-refractivity contribution >= 4 is 18.0 Å². The average Bonchev–Trinajstić information content (AvgIpc) is 2.61. The fourth-order valence-corrected chi connectivity index (χ4v) is 1.78. The highest BCUT2D eigenvalue weighted by atomic mass is 16.5. The minimum absolute atomic E-state index is 0.317. The van der Waals surface area contributed by atoms with E-state index >= 15 is 0 Å². The van der Waals surface area contributed by atoms with Crippen molar-refractivity contribution in [2.24, 2.45) is 0 Å². The molecule has 0 saturated heterocycles. The normalized spacial score (nSPS) is 10.1. The Morgan fingerprint density at radius 2 is 1.75 bits per heavy atom. The van der Waals surface area contributed by atoms with Gasteiger partial charge in [0, 0.05) is 12.6 Å². The molecule has 0 heterocycles. The van der Waals surface area contributed by atoms with Crippen molar-refractivity contribution in [2.75, 3.05) is 34.5 Å². The largest absolute Gasteiger partial charge is 0.493 e. The molecule has 24 heavy (non-hydrogen) atoms. The Kier molecular flexibility index (Phi) is 7.90. The molecule has 0 saturated carbocycles. The van der Waals surface area contributed by atoms with Crippen molar-refractivity contribution < 1.29 is 28.5 Å². The second-order valence-electron chi connectivity index (χ2n) is 4.49. The molecule has 1 amide bonds. The van der Waals surface area contributed by atoms with Gasteiger partial charge in [-0.05, 0) is 23.8 Å². The average molecular weight is 335 g/mol. The van der Waals surface area contributed by atoms with Gasteiger partial charge in [-0.15, -0.1) is 6.58 Å². The maximum atomic E-state index is 11.6. The number of hydrogen-bond acceptors (Lipinski definition) is 6. The fourth-order valence-electron chi connectivity index (χ4n) is 1.78. The van der Waals surface area contributed by atoms with Crippen LogP contribution in [0.3, 0.4) is 0 Å². The van der Waals surface area contributed by atoms with Gasteiger partial charge in [-0.3, -0.25) is 4.79 Å². The van der Waals surface area contributed by atoms with Crippen LogP contribution in [-0.4, -0.2) is 46.4 Å². The minimum atomic E-state index is -0.641. The van der Waals surface area contributed by atoms with Crippen LogP contribution in [0.2, 0.25) is 0 Å². The van der Waals surface area contributed by atoms with Gasteiger partial charge >= 0.3 is 5.97 Å². The summed E-state index contributed by atoms with van der Waals surface area (Å²) in [6.45, 7) is 3.43. The molecule has 0 aromatic heterocycles. The van der Waals surface area contributed by atoms with E-state index in [-0.39, 0.29) is 6.61 Å². The first kappa shape index (κ1) is 19.1. The van der Waals surface area contributed by atoms with Crippen LogP contribution in [0, 0.1) is 0 Å². The summed E-state index contributed by atoms with van der Waals surface area (Å²) in [6.07, 6.45) is 4.26. The highest BCUT2D eigenvalue weighted by Gasteiger charge is 2.12. The number of rotatable bonds is 9. The highest BCUT2D eigenvalue weighted by molar-refractivity contribution is 5.89. The molecule has 1 aromatic rings. The van der Waals surface area contributed by atoms with Gasteiger partial charge in [-0.25, -0.2) is 4.79 Å². The Balaban J connectivity index is 2.74. The highest BCUT2D eigenvalue weighted by Crippen LogP contribution is 2.38. The van der Waals surface area contributed by atoms with Crippen LogP contribution >= 0.6 is 0 Å². The van der Waals surface area contributed by atoms with E-state index in [1.807, 2.05) is 0 Å². The van der Waals surface area contributed by atoms with Gasteiger partial charge < -0.3 is 24.3 Å². The number of esters is 1. The molecule has 0 aliphatic carbocycles. The van der Waals surface area contributed by atoms with E-state index in [4.69, 9.17) is 18.9 Å². The van der Waals surface area contributed by atoms with Crippen LogP contribution in [0.1, 0.15) is 5.56 Å². The van der Waals surface area contributed by atoms with E-state index in [1.54, 1.807) is 12.1 Å². The van der Waals surface area contributed by atoms with Gasteiger partial charge in [0.1, 0.15) is 0 Å². The van der Waals surface area contributed by atoms with Crippen molar-refractivity contribution in [1.29, 1.82) is 0 Å². The summed E-state index contributed by atoms with van der Waals surface area (Å²) >= 11 is 0. The van der Waals surface area contributed by atoms with E-state index in [0.29, 0.717) is 29.4 Å². The molecule has 0 spiro atoms. The number of amides is 1. The molecule has 7 heteroatoms. The number of methoxy groups -OCH3 is 3. The van der Waals surface area contributed by atoms with E-state index in [0.717, 1.165) is 0 Å². The van der Waals surface area contributed by atoms with E-state index in [2.05, 4.69) is 11.9 Å². The number of benzene rings is 1. The van der Waals surface area contributed by atoms with Gasteiger partial charge in [0.05, 0.1) is 21.3 Å². The lowest BCUT2D eigenvalue weighted by Crippen LogP contribution is -2.28. The summed E-state index contributed by atoms with van der Waals surface area (Å²) < 4.78 is 20.5. The maximum Gasteiger partial charge on any atom is 0.331 e. The zero-order chi connectivity index (χ0) is 17.9.